The second kappa shape index (κ2) is 52.0. The summed E-state index contributed by atoms with van der Waals surface area (Å²) < 4.78 is 5.83. The van der Waals surface area contributed by atoms with Gasteiger partial charge in [0.1, 0.15) is 0 Å². The Bertz CT molecular complexity index is 779. The summed E-state index contributed by atoms with van der Waals surface area (Å²) in [6.45, 7) is 13.4. The largest absolute Gasteiger partial charge is 0.483 e. The summed E-state index contributed by atoms with van der Waals surface area (Å²) in [6.07, 6.45) is 51.2. The molecule has 0 aromatic carbocycles. The minimum absolute atomic E-state index is 0.0297. The number of hydrogen-bond donors (Lipinski definition) is 2. The number of esters is 1. The maximum Gasteiger partial charge on any atom is 0.305 e. The summed E-state index contributed by atoms with van der Waals surface area (Å²) in [5.74, 6) is 1.57. The molecule has 0 saturated heterocycles. The van der Waals surface area contributed by atoms with Crippen molar-refractivity contribution in [2.45, 2.75) is 278 Å². The molecule has 0 amide bonds. The highest BCUT2D eigenvalue weighted by molar-refractivity contribution is 5.69. The van der Waals surface area contributed by atoms with Crippen molar-refractivity contribution in [1.82, 2.24) is 4.90 Å². The van der Waals surface area contributed by atoms with Crippen LogP contribution in [0.25, 0.3) is 0 Å². The van der Waals surface area contributed by atoms with Crippen LogP contribution in [-0.2, 0) is 14.3 Å². The van der Waals surface area contributed by atoms with Crippen molar-refractivity contribution in [2.24, 2.45) is 11.8 Å². The van der Waals surface area contributed by atoms with E-state index in [1.165, 1.54) is 231 Å². The Morgan fingerprint density at radius 3 is 1.12 bits per heavy atom. The van der Waals surface area contributed by atoms with Crippen molar-refractivity contribution >= 4 is 12.4 Å². The van der Waals surface area contributed by atoms with Gasteiger partial charge in [-0.25, -0.2) is 0 Å². The van der Waals surface area contributed by atoms with Crippen molar-refractivity contribution in [1.29, 1.82) is 0 Å². The summed E-state index contributed by atoms with van der Waals surface area (Å²) in [7, 11) is 0. The number of unbranched alkanes of at least 4 members (excludes halogenated alkanes) is 26. The predicted molar refractivity (Wildman–Crippen MR) is 253 cm³/mol. The summed E-state index contributed by atoms with van der Waals surface area (Å²) in [5.41, 5.74) is 0. The first-order chi connectivity index (χ1) is 28.5. The number of carboxylic acid groups (broad SMARTS) is 1. The fraction of sp³-hybridized carbons (Fsp3) is 0.962. The molecule has 348 valence electrons. The summed E-state index contributed by atoms with van der Waals surface area (Å²) in [6, 6.07) is 0. The van der Waals surface area contributed by atoms with Crippen LogP contribution in [-0.4, -0.2) is 60.4 Å². The van der Waals surface area contributed by atoms with Crippen LogP contribution in [0.5, 0.6) is 0 Å². The molecule has 58 heavy (non-hydrogen) atoms. The Morgan fingerprint density at radius 1 is 0.448 bits per heavy atom. The van der Waals surface area contributed by atoms with Crippen LogP contribution >= 0.6 is 0 Å². The van der Waals surface area contributed by atoms with E-state index >= 15 is 0 Å². The quantitative estimate of drug-likeness (QED) is 0.0361. The molecule has 0 radical (unpaired) electrons. The molecule has 0 fully saturated rings. The molecule has 6 heteroatoms. The first-order valence-electron chi connectivity index (χ1n) is 26.1. The fourth-order valence-corrected chi connectivity index (χ4v) is 8.57. The number of carbonyl (C=O) groups excluding carboxylic acids is 1. The third-order valence-corrected chi connectivity index (χ3v) is 12.4. The van der Waals surface area contributed by atoms with E-state index < -0.39 is 0 Å². The van der Waals surface area contributed by atoms with E-state index in [1.807, 2.05) is 0 Å². The molecule has 0 aromatic heterocycles. The number of hydrogen-bond acceptors (Lipinski definition) is 5. The molecule has 2 N–H and O–H groups in total. The van der Waals surface area contributed by atoms with Gasteiger partial charge in [0.05, 0.1) is 6.61 Å². The van der Waals surface area contributed by atoms with Crippen LogP contribution < -0.4 is 0 Å². The summed E-state index contributed by atoms with van der Waals surface area (Å²) >= 11 is 0. The van der Waals surface area contributed by atoms with Crippen molar-refractivity contribution in [3.63, 3.8) is 0 Å². The molecule has 6 nitrogen and oxygen atoms in total. The monoisotopic (exact) mass is 824 g/mol. The average Bonchev–Trinajstić information content (AvgIpc) is 3.22. The molecule has 0 heterocycles. The minimum Gasteiger partial charge on any atom is -0.483 e. The standard InChI is InChI=1S/C51H103NO3.CH2O2/c1-5-9-13-17-22-30-39-49(38-28-15-11-7-3)40-31-24-19-20-26-34-44-52(46-36-37-47-53)45-35-27-21-25-33-43-51(54)55-48-50(41-29-16-12-8-4)42-32-23-18-14-10-6-2;2-1-3/h49-50,53H,5-48H2,1-4H3;1H,(H,2,3). The lowest BCUT2D eigenvalue weighted by atomic mass is 9.89. The zero-order valence-electron chi connectivity index (χ0n) is 39.9. The second-order valence-electron chi connectivity index (χ2n) is 18.0. The lowest BCUT2D eigenvalue weighted by Crippen LogP contribution is -2.27. The third kappa shape index (κ3) is 47.5. The van der Waals surface area contributed by atoms with E-state index in [9.17, 15) is 9.90 Å². The molecule has 0 rings (SSSR count). The van der Waals surface area contributed by atoms with E-state index in [0.29, 0.717) is 25.6 Å². The van der Waals surface area contributed by atoms with Crippen LogP contribution in [0.2, 0.25) is 0 Å². The van der Waals surface area contributed by atoms with Gasteiger partial charge >= 0.3 is 5.97 Å². The number of aliphatic hydroxyl groups is 1. The Kier molecular flexibility index (Phi) is 52.9. The maximum absolute atomic E-state index is 12.6. The number of rotatable bonds is 47. The van der Waals surface area contributed by atoms with Crippen LogP contribution in [0.15, 0.2) is 0 Å². The molecule has 0 aromatic rings. The van der Waals surface area contributed by atoms with Gasteiger partial charge in [-0.15, -0.1) is 0 Å². The Morgan fingerprint density at radius 2 is 0.741 bits per heavy atom. The van der Waals surface area contributed by atoms with Gasteiger partial charge in [0, 0.05) is 13.0 Å². The van der Waals surface area contributed by atoms with Crippen LogP contribution in [0.4, 0.5) is 0 Å². The molecular weight excluding hydrogens is 719 g/mol. The number of carbonyl (C=O) groups is 2. The smallest absolute Gasteiger partial charge is 0.305 e. The number of nitrogens with zero attached hydrogens (tertiary/aromatic N) is 1. The first-order valence-corrected chi connectivity index (χ1v) is 26.1. The second-order valence-corrected chi connectivity index (χ2v) is 18.0. The highest BCUT2D eigenvalue weighted by Crippen LogP contribution is 2.25. The van der Waals surface area contributed by atoms with E-state index in [0.717, 1.165) is 38.1 Å². The van der Waals surface area contributed by atoms with Crippen molar-refractivity contribution in [3.8, 4) is 0 Å². The van der Waals surface area contributed by atoms with E-state index in [4.69, 9.17) is 14.6 Å². The molecule has 0 aliphatic carbocycles. The Labute approximate surface area is 363 Å². The van der Waals surface area contributed by atoms with Crippen LogP contribution in [0.1, 0.15) is 278 Å². The Balaban J connectivity index is 0. The van der Waals surface area contributed by atoms with Crippen LogP contribution in [0, 0.1) is 11.8 Å². The van der Waals surface area contributed by atoms with Gasteiger partial charge in [-0.05, 0) is 76.4 Å². The van der Waals surface area contributed by atoms with Crippen molar-refractivity contribution < 1.29 is 24.5 Å². The van der Waals surface area contributed by atoms with Crippen molar-refractivity contribution in [3.05, 3.63) is 0 Å². The summed E-state index contributed by atoms with van der Waals surface area (Å²) in [5, 5.41) is 16.2. The van der Waals surface area contributed by atoms with Crippen LogP contribution in [0.3, 0.4) is 0 Å². The Hall–Kier alpha value is -1.14. The normalized spacial score (nSPS) is 12.4. The van der Waals surface area contributed by atoms with E-state index in [-0.39, 0.29) is 12.4 Å². The molecule has 0 bridgehead atoms. The number of ether oxygens (including phenoxy) is 1. The third-order valence-electron chi connectivity index (χ3n) is 12.4. The molecule has 2 unspecified atom stereocenters. The van der Waals surface area contributed by atoms with Crippen molar-refractivity contribution in [2.75, 3.05) is 32.8 Å². The van der Waals surface area contributed by atoms with Gasteiger partial charge in [0.2, 0.25) is 0 Å². The van der Waals surface area contributed by atoms with E-state index in [1.54, 1.807) is 0 Å². The highest BCUT2D eigenvalue weighted by Gasteiger charge is 2.13. The highest BCUT2D eigenvalue weighted by atomic mass is 16.5. The van der Waals surface area contributed by atoms with Gasteiger partial charge in [0.25, 0.3) is 6.47 Å². The topological polar surface area (TPSA) is 87.1 Å². The summed E-state index contributed by atoms with van der Waals surface area (Å²) in [4.78, 5) is 23.6. The minimum atomic E-state index is -0.250. The molecule has 0 aliphatic heterocycles. The first kappa shape index (κ1) is 59.0. The maximum atomic E-state index is 12.6. The van der Waals surface area contributed by atoms with Gasteiger partial charge in [-0.3, -0.25) is 9.59 Å². The average molecular weight is 824 g/mol. The molecule has 0 spiro atoms. The van der Waals surface area contributed by atoms with Gasteiger partial charge in [-0.2, -0.15) is 0 Å². The zero-order chi connectivity index (χ0) is 42.8. The zero-order valence-corrected chi connectivity index (χ0v) is 39.9. The van der Waals surface area contributed by atoms with Gasteiger partial charge in [-0.1, -0.05) is 227 Å². The molecule has 2 atom stereocenters. The SMILES string of the molecule is CCCCCCCCC(CCCCCC)CCCCCCCCN(CCCCO)CCCCCCCC(=O)OCC(CCCCCC)CCCCCCCC.O=CO. The molecule has 0 aliphatic rings. The number of aliphatic hydroxyl groups excluding tert-OH is 1. The molecular formula is C52H105NO5. The lowest BCUT2D eigenvalue weighted by molar-refractivity contribution is -0.145. The molecule has 0 saturated carbocycles. The predicted octanol–water partition coefficient (Wildman–Crippen LogP) is 16.1. The lowest BCUT2D eigenvalue weighted by Gasteiger charge is -2.22. The van der Waals surface area contributed by atoms with E-state index in [2.05, 4.69) is 32.6 Å². The fourth-order valence-electron chi connectivity index (χ4n) is 8.57. The van der Waals surface area contributed by atoms with Gasteiger partial charge in [0.15, 0.2) is 0 Å². The van der Waals surface area contributed by atoms with Gasteiger partial charge < -0.3 is 19.8 Å².